The van der Waals surface area contributed by atoms with E-state index in [4.69, 9.17) is 0 Å². The van der Waals surface area contributed by atoms with E-state index in [1.54, 1.807) is 30.5 Å². The smallest absolute Gasteiger partial charge is 0.243 e. The third kappa shape index (κ3) is 3.66. The maximum Gasteiger partial charge on any atom is 0.243 e. The molecule has 0 aliphatic rings. The standard InChI is InChI=1S/C11H9FN2O2.C9H6FNO/c1-7(14(15)16)5-8-6-13-10-4-2-3-9(12)11(8)10;10-7-2-1-3-8-9(7)6(5-12)4-11-8/h2-6,13H,1H3;1-5,11H/b7-5-;. The van der Waals surface area contributed by atoms with Crippen LogP contribution in [0.25, 0.3) is 27.9 Å². The van der Waals surface area contributed by atoms with Crippen LogP contribution in [0.2, 0.25) is 0 Å². The second-order valence-electron chi connectivity index (χ2n) is 5.97. The van der Waals surface area contributed by atoms with E-state index in [0.29, 0.717) is 39.2 Å². The Morgan fingerprint density at radius 2 is 1.46 bits per heavy atom. The van der Waals surface area contributed by atoms with Crippen LogP contribution in [0, 0.1) is 21.7 Å². The molecule has 4 rings (SSSR count). The van der Waals surface area contributed by atoms with E-state index in [0.717, 1.165) is 0 Å². The summed E-state index contributed by atoms with van der Waals surface area (Å²) in [7, 11) is 0. The zero-order valence-corrected chi connectivity index (χ0v) is 14.7. The topological polar surface area (TPSA) is 91.8 Å². The molecule has 0 saturated heterocycles. The lowest BCUT2D eigenvalue weighted by Gasteiger charge is -1.94. The van der Waals surface area contributed by atoms with Crippen LogP contribution in [0.5, 0.6) is 0 Å². The van der Waals surface area contributed by atoms with Gasteiger partial charge in [0.2, 0.25) is 5.70 Å². The third-order valence-corrected chi connectivity index (χ3v) is 4.15. The molecule has 0 amide bonds. The second kappa shape index (κ2) is 7.83. The molecule has 0 unspecified atom stereocenters. The number of hydrogen-bond acceptors (Lipinski definition) is 3. The van der Waals surface area contributed by atoms with Crippen molar-refractivity contribution < 1.29 is 18.5 Å². The van der Waals surface area contributed by atoms with Crippen LogP contribution in [0.1, 0.15) is 22.8 Å². The van der Waals surface area contributed by atoms with Gasteiger partial charge in [0.25, 0.3) is 0 Å². The van der Waals surface area contributed by atoms with Gasteiger partial charge in [-0.1, -0.05) is 12.1 Å². The quantitative estimate of drug-likeness (QED) is 0.294. The summed E-state index contributed by atoms with van der Waals surface area (Å²) in [5.41, 5.74) is 2.11. The van der Waals surface area contributed by atoms with E-state index in [1.165, 1.54) is 31.3 Å². The van der Waals surface area contributed by atoms with E-state index in [-0.39, 0.29) is 17.3 Å². The van der Waals surface area contributed by atoms with Gasteiger partial charge in [-0.2, -0.15) is 0 Å². The van der Waals surface area contributed by atoms with Gasteiger partial charge in [-0.15, -0.1) is 0 Å². The lowest BCUT2D eigenvalue weighted by molar-refractivity contribution is -0.422. The molecule has 2 aromatic carbocycles. The number of aromatic nitrogens is 2. The van der Waals surface area contributed by atoms with E-state index in [9.17, 15) is 23.7 Å². The zero-order chi connectivity index (χ0) is 20.3. The van der Waals surface area contributed by atoms with Gasteiger partial charge in [-0.05, 0) is 24.3 Å². The van der Waals surface area contributed by atoms with Crippen molar-refractivity contribution in [3.05, 3.63) is 87.4 Å². The number of hydrogen-bond donors (Lipinski definition) is 2. The molecule has 0 fully saturated rings. The highest BCUT2D eigenvalue weighted by molar-refractivity contribution is 5.97. The Hall–Kier alpha value is -3.81. The highest BCUT2D eigenvalue weighted by Crippen LogP contribution is 2.23. The molecule has 4 aromatic rings. The number of benzene rings is 2. The first-order chi connectivity index (χ1) is 13.4. The fourth-order valence-electron chi connectivity index (χ4n) is 2.82. The molecule has 2 N–H and O–H groups in total. The Kier molecular flexibility index (Phi) is 5.30. The van der Waals surface area contributed by atoms with Gasteiger partial charge in [0.15, 0.2) is 6.29 Å². The fraction of sp³-hybridized carbons (Fsp3) is 0.0500. The van der Waals surface area contributed by atoms with Crippen molar-refractivity contribution in [1.29, 1.82) is 0 Å². The first-order valence-electron chi connectivity index (χ1n) is 8.21. The SMILES string of the molecule is C/C(=C/c1c[nH]c2cccc(F)c12)[N+](=O)[O-].O=Cc1c[nH]c2cccc(F)c12. The zero-order valence-electron chi connectivity index (χ0n) is 14.7. The number of halogens is 2. The molecule has 28 heavy (non-hydrogen) atoms. The largest absolute Gasteiger partial charge is 0.360 e. The maximum atomic E-state index is 13.5. The number of carbonyl (C=O) groups excluding carboxylic acids is 1. The monoisotopic (exact) mass is 383 g/mol. The Morgan fingerprint density at radius 3 is 1.96 bits per heavy atom. The average molecular weight is 383 g/mol. The van der Waals surface area contributed by atoms with Crippen LogP contribution in [0.3, 0.4) is 0 Å². The summed E-state index contributed by atoms with van der Waals surface area (Å²) in [6.45, 7) is 1.37. The predicted octanol–water partition coefficient (Wildman–Crippen LogP) is 5.06. The number of aldehydes is 1. The van der Waals surface area contributed by atoms with Gasteiger partial charge in [0.05, 0.1) is 4.92 Å². The highest BCUT2D eigenvalue weighted by atomic mass is 19.1. The molecule has 2 heterocycles. The summed E-state index contributed by atoms with van der Waals surface area (Å²) in [5, 5.41) is 11.2. The number of fused-ring (bicyclic) bond motifs is 2. The molecular formula is C20H15F2N3O3. The van der Waals surface area contributed by atoms with Crippen LogP contribution < -0.4 is 0 Å². The van der Waals surface area contributed by atoms with Gasteiger partial charge < -0.3 is 9.97 Å². The van der Waals surface area contributed by atoms with Crippen molar-refractivity contribution in [1.82, 2.24) is 9.97 Å². The van der Waals surface area contributed by atoms with E-state index >= 15 is 0 Å². The van der Waals surface area contributed by atoms with Gasteiger partial charge in [0.1, 0.15) is 11.6 Å². The summed E-state index contributed by atoms with van der Waals surface area (Å²) in [5.74, 6) is -0.753. The summed E-state index contributed by atoms with van der Waals surface area (Å²) < 4.78 is 26.6. The first kappa shape index (κ1) is 19.0. The van der Waals surface area contributed by atoms with Crippen LogP contribution in [-0.4, -0.2) is 21.2 Å². The summed E-state index contributed by atoms with van der Waals surface area (Å²) in [6.07, 6.45) is 5.05. The molecule has 0 radical (unpaired) electrons. The second-order valence-corrected chi connectivity index (χ2v) is 5.97. The van der Waals surface area contributed by atoms with Crippen LogP contribution >= 0.6 is 0 Å². The van der Waals surface area contributed by atoms with Gasteiger partial charge >= 0.3 is 0 Å². The summed E-state index contributed by atoms with van der Waals surface area (Å²) in [4.78, 5) is 26.1. The molecule has 0 aliphatic heterocycles. The molecule has 2 aromatic heterocycles. The van der Waals surface area contributed by atoms with Crippen LogP contribution in [-0.2, 0) is 0 Å². The molecule has 8 heteroatoms. The van der Waals surface area contributed by atoms with Crippen LogP contribution in [0.4, 0.5) is 8.78 Å². The predicted molar refractivity (Wildman–Crippen MR) is 103 cm³/mol. The van der Waals surface area contributed by atoms with Crippen molar-refractivity contribution >= 4 is 34.2 Å². The lowest BCUT2D eigenvalue weighted by Crippen LogP contribution is -1.92. The lowest BCUT2D eigenvalue weighted by atomic mass is 10.1. The average Bonchev–Trinajstić information content (AvgIpc) is 3.28. The summed E-state index contributed by atoms with van der Waals surface area (Å²) in [6, 6.07) is 9.30. The summed E-state index contributed by atoms with van der Waals surface area (Å²) >= 11 is 0. The van der Waals surface area contributed by atoms with Gasteiger partial charge in [-0.3, -0.25) is 14.9 Å². The third-order valence-electron chi connectivity index (χ3n) is 4.15. The van der Waals surface area contributed by atoms with Crippen molar-refractivity contribution in [2.24, 2.45) is 0 Å². The van der Waals surface area contributed by atoms with Crippen molar-refractivity contribution in [2.75, 3.05) is 0 Å². The number of rotatable bonds is 3. The Labute approximate surface area is 157 Å². The van der Waals surface area contributed by atoms with Gasteiger partial charge in [0, 0.05) is 58.3 Å². The molecule has 0 saturated carbocycles. The number of nitro groups is 1. The minimum absolute atomic E-state index is 0.0239. The number of H-pyrrole nitrogens is 2. The molecule has 0 atom stereocenters. The Balaban J connectivity index is 0.000000167. The molecule has 6 nitrogen and oxygen atoms in total. The number of allylic oxidation sites excluding steroid dienone is 1. The number of nitrogens with zero attached hydrogens (tertiary/aromatic N) is 1. The molecule has 142 valence electrons. The highest BCUT2D eigenvalue weighted by Gasteiger charge is 2.10. The number of nitrogens with one attached hydrogen (secondary N) is 2. The molecule has 0 aliphatic carbocycles. The van der Waals surface area contributed by atoms with Crippen LogP contribution in [0.15, 0.2) is 54.5 Å². The van der Waals surface area contributed by atoms with Crippen molar-refractivity contribution in [3.8, 4) is 0 Å². The van der Waals surface area contributed by atoms with E-state index in [2.05, 4.69) is 9.97 Å². The van der Waals surface area contributed by atoms with Gasteiger partial charge in [-0.25, -0.2) is 8.78 Å². The maximum absolute atomic E-state index is 13.5. The minimum atomic E-state index is -0.500. The molecule has 0 bridgehead atoms. The molecule has 0 spiro atoms. The Bertz CT molecular complexity index is 1210. The van der Waals surface area contributed by atoms with E-state index < -0.39 is 4.92 Å². The normalized spacial score (nSPS) is 11.3. The molecular weight excluding hydrogens is 368 g/mol. The first-order valence-corrected chi connectivity index (χ1v) is 8.21. The fourth-order valence-corrected chi connectivity index (χ4v) is 2.82. The van der Waals surface area contributed by atoms with E-state index in [1.807, 2.05) is 0 Å². The number of carbonyl (C=O) groups is 1. The van der Waals surface area contributed by atoms with Crippen molar-refractivity contribution in [3.63, 3.8) is 0 Å². The van der Waals surface area contributed by atoms with Crippen molar-refractivity contribution in [2.45, 2.75) is 6.92 Å². The minimum Gasteiger partial charge on any atom is -0.360 e. The Morgan fingerprint density at radius 1 is 0.964 bits per heavy atom. The number of aromatic amines is 2.